The highest BCUT2D eigenvalue weighted by Crippen LogP contribution is 2.13. The third-order valence-corrected chi connectivity index (χ3v) is 4.95. The van der Waals surface area contributed by atoms with Gasteiger partial charge >= 0.3 is 6.03 Å². The molecule has 0 aliphatic heterocycles. The molecule has 1 aromatic carbocycles. The number of rotatable bonds is 9. The summed E-state index contributed by atoms with van der Waals surface area (Å²) in [5, 5.41) is 2.84. The average molecular weight is 421 g/mol. The number of aryl methyl sites for hydroxylation is 2. The van der Waals surface area contributed by atoms with Gasteiger partial charge in [-0.2, -0.15) is 0 Å². The van der Waals surface area contributed by atoms with Gasteiger partial charge in [-0.1, -0.05) is 23.8 Å². The molecule has 0 unspecified atom stereocenters. The Morgan fingerprint density at radius 3 is 2.48 bits per heavy atom. The number of nitrogens with zero attached hydrogens (tertiary/aromatic N) is 3. The number of hydrogen-bond donors (Lipinski definition) is 1. The molecule has 3 aromatic rings. The molecule has 0 atom stereocenters. The van der Waals surface area contributed by atoms with Crippen LogP contribution in [0.15, 0.2) is 78.1 Å². The predicted molar refractivity (Wildman–Crippen MR) is 120 cm³/mol. The van der Waals surface area contributed by atoms with E-state index in [9.17, 15) is 9.59 Å². The van der Waals surface area contributed by atoms with Crippen molar-refractivity contribution in [2.45, 2.75) is 20.0 Å². The lowest BCUT2D eigenvalue weighted by Crippen LogP contribution is -2.44. The van der Waals surface area contributed by atoms with Gasteiger partial charge in [0.05, 0.1) is 19.4 Å². The first kappa shape index (κ1) is 22.0. The average Bonchev–Trinajstić information content (AvgIpc) is 3.40. The van der Waals surface area contributed by atoms with Gasteiger partial charge in [-0.05, 0) is 43.3 Å². The van der Waals surface area contributed by atoms with Crippen LogP contribution >= 0.6 is 0 Å². The Hall–Kier alpha value is -3.74. The van der Waals surface area contributed by atoms with Crippen molar-refractivity contribution in [3.05, 3.63) is 90.7 Å². The van der Waals surface area contributed by atoms with Crippen LogP contribution < -0.4 is 5.32 Å². The van der Waals surface area contributed by atoms with Crippen LogP contribution in [0.5, 0.6) is 0 Å². The molecule has 7 heteroatoms. The highest BCUT2D eigenvalue weighted by atomic mass is 16.3. The molecule has 0 aliphatic carbocycles. The number of carbonyl (C=O) groups is 2. The van der Waals surface area contributed by atoms with Crippen molar-refractivity contribution in [1.82, 2.24) is 14.4 Å². The van der Waals surface area contributed by atoms with E-state index in [1.54, 1.807) is 23.3 Å². The van der Waals surface area contributed by atoms with Crippen molar-refractivity contribution < 1.29 is 14.0 Å². The number of benzene rings is 1. The fraction of sp³-hybridized carbons (Fsp3) is 0.250. The molecule has 1 N–H and O–H groups in total. The monoisotopic (exact) mass is 420 g/mol. The molecule has 3 rings (SSSR count). The molecule has 31 heavy (non-hydrogen) atoms. The van der Waals surface area contributed by atoms with Gasteiger partial charge < -0.3 is 24.1 Å². The van der Waals surface area contributed by atoms with Crippen LogP contribution in [0, 0.1) is 6.92 Å². The van der Waals surface area contributed by atoms with Crippen LogP contribution in [0.1, 0.15) is 17.0 Å². The first-order valence-corrected chi connectivity index (χ1v) is 10.1. The maximum absolute atomic E-state index is 13.2. The molecule has 2 aromatic heterocycles. The van der Waals surface area contributed by atoms with E-state index in [2.05, 4.69) is 11.9 Å². The van der Waals surface area contributed by atoms with Gasteiger partial charge in [0, 0.05) is 31.2 Å². The van der Waals surface area contributed by atoms with E-state index in [1.165, 1.54) is 4.90 Å². The highest BCUT2D eigenvalue weighted by Gasteiger charge is 2.22. The van der Waals surface area contributed by atoms with Gasteiger partial charge in [0.2, 0.25) is 5.91 Å². The Kier molecular flexibility index (Phi) is 7.32. The third kappa shape index (κ3) is 6.12. The Morgan fingerprint density at radius 2 is 1.87 bits per heavy atom. The molecule has 0 saturated carbocycles. The van der Waals surface area contributed by atoms with Gasteiger partial charge in [-0.25, -0.2) is 4.79 Å². The fourth-order valence-electron chi connectivity index (χ4n) is 3.16. The zero-order chi connectivity index (χ0) is 22.2. The summed E-state index contributed by atoms with van der Waals surface area (Å²) in [5.41, 5.74) is 2.76. The molecule has 0 fully saturated rings. The molecular formula is C24H28N4O3. The molecule has 162 valence electrons. The molecular weight excluding hydrogens is 392 g/mol. The van der Waals surface area contributed by atoms with Gasteiger partial charge in [0.25, 0.3) is 0 Å². The number of urea groups is 1. The van der Waals surface area contributed by atoms with E-state index in [-0.39, 0.29) is 25.0 Å². The Bertz CT molecular complexity index is 1010. The van der Waals surface area contributed by atoms with E-state index in [0.29, 0.717) is 24.5 Å². The second kappa shape index (κ2) is 10.3. The summed E-state index contributed by atoms with van der Waals surface area (Å²) >= 11 is 0. The Morgan fingerprint density at radius 1 is 1.10 bits per heavy atom. The number of nitrogens with one attached hydrogen (secondary N) is 1. The fourth-order valence-corrected chi connectivity index (χ4v) is 3.16. The van der Waals surface area contributed by atoms with Crippen LogP contribution in [0.4, 0.5) is 10.5 Å². The van der Waals surface area contributed by atoms with Crippen LogP contribution in [-0.4, -0.2) is 39.4 Å². The number of carbonyl (C=O) groups excluding carboxylic acids is 2. The Labute approximate surface area is 182 Å². The predicted octanol–water partition coefficient (Wildman–Crippen LogP) is 4.18. The quantitative estimate of drug-likeness (QED) is 0.528. The smallest absolute Gasteiger partial charge is 0.322 e. The van der Waals surface area contributed by atoms with Crippen LogP contribution in [0.3, 0.4) is 0 Å². The summed E-state index contributed by atoms with van der Waals surface area (Å²) in [6, 6.07) is 14.7. The topological polar surface area (TPSA) is 70.7 Å². The van der Waals surface area contributed by atoms with Crippen LogP contribution in [0.2, 0.25) is 0 Å². The highest BCUT2D eigenvalue weighted by molar-refractivity contribution is 5.92. The van der Waals surface area contributed by atoms with Crippen LogP contribution in [-0.2, 0) is 24.9 Å². The lowest BCUT2D eigenvalue weighted by atomic mass is 10.2. The van der Waals surface area contributed by atoms with Crippen molar-refractivity contribution in [1.29, 1.82) is 0 Å². The van der Waals surface area contributed by atoms with E-state index < -0.39 is 0 Å². The number of anilines is 1. The lowest BCUT2D eigenvalue weighted by Gasteiger charge is -2.27. The maximum Gasteiger partial charge on any atom is 0.322 e. The minimum Gasteiger partial charge on any atom is -0.467 e. The van der Waals surface area contributed by atoms with E-state index in [4.69, 9.17) is 4.42 Å². The van der Waals surface area contributed by atoms with Crippen LogP contribution in [0.25, 0.3) is 0 Å². The van der Waals surface area contributed by atoms with Gasteiger partial charge in [-0.15, -0.1) is 6.58 Å². The third-order valence-electron chi connectivity index (χ3n) is 4.95. The summed E-state index contributed by atoms with van der Waals surface area (Å²) in [5.74, 6) is 0.500. The van der Waals surface area contributed by atoms with E-state index in [1.807, 2.05) is 67.2 Å². The van der Waals surface area contributed by atoms with Crippen molar-refractivity contribution in [2.75, 3.05) is 18.4 Å². The molecule has 7 nitrogen and oxygen atoms in total. The Balaban J connectivity index is 1.72. The number of amides is 3. The zero-order valence-corrected chi connectivity index (χ0v) is 18.0. The van der Waals surface area contributed by atoms with Gasteiger partial charge in [-0.3, -0.25) is 4.79 Å². The minimum absolute atomic E-state index is 0.0746. The second-order valence-electron chi connectivity index (χ2n) is 7.40. The summed E-state index contributed by atoms with van der Waals surface area (Å²) in [7, 11) is 1.93. The molecule has 2 heterocycles. The SMILES string of the molecule is C=CCN(CC(=O)N(Cc1ccco1)Cc1cccn1C)C(=O)Nc1ccc(C)cc1. The first-order valence-electron chi connectivity index (χ1n) is 10.1. The van der Waals surface area contributed by atoms with Crippen molar-refractivity contribution >= 4 is 17.6 Å². The molecule has 0 saturated heterocycles. The standard InChI is InChI=1S/C24H28N4O3/c1-4-13-27(24(30)25-20-11-9-19(2)10-12-20)18-23(29)28(17-22-8-6-15-31-22)16-21-7-5-14-26(21)3/h4-12,14-15H,1,13,16-18H2,2-3H3,(H,25,30). The summed E-state index contributed by atoms with van der Waals surface area (Å²) < 4.78 is 7.41. The molecule has 0 radical (unpaired) electrons. The number of furan rings is 1. The summed E-state index contributed by atoms with van der Waals surface area (Å²) in [6.45, 7) is 6.61. The van der Waals surface area contributed by atoms with E-state index >= 15 is 0 Å². The molecule has 0 aliphatic rings. The van der Waals surface area contributed by atoms with Gasteiger partial charge in [0.15, 0.2) is 0 Å². The maximum atomic E-state index is 13.2. The first-order chi connectivity index (χ1) is 15.0. The molecule has 0 spiro atoms. The number of aromatic nitrogens is 1. The minimum atomic E-state index is -0.353. The zero-order valence-electron chi connectivity index (χ0n) is 18.0. The normalized spacial score (nSPS) is 10.5. The van der Waals surface area contributed by atoms with Crippen molar-refractivity contribution in [2.24, 2.45) is 7.05 Å². The molecule has 0 bridgehead atoms. The van der Waals surface area contributed by atoms with Crippen molar-refractivity contribution in [3.63, 3.8) is 0 Å². The second-order valence-corrected chi connectivity index (χ2v) is 7.40. The summed E-state index contributed by atoms with van der Waals surface area (Å²) in [4.78, 5) is 29.1. The van der Waals surface area contributed by atoms with Crippen molar-refractivity contribution in [3.8, 4) is 0 Å². The molecule has 3 amide bonds. The summed E-state index contributed by atoms with van der Waals surface area (Å²) in [6.07, 6.45) is 5.12. The van der Waals surface area contributed by atoms with E-state index in [0.717, 1.165) is 11.3 Å². The lowest BCUT2D eigenvalue weighted by molar-refractivity contribution is -0.133. The number of hydrogen-bond acceptors (Lipinski definition) is 3. The largest absolute Gasteiger partial charge is 0.467 e. The van der Waals surface area contributed by atoms with Gasteiger partial charge in [0.1, 0.15) is 12.3 Å².